The van der Waals surface area contributed by atoms with Crippen molar-refractivity contribution < 1.29 is 0 Å². The minimum absolute atomic E-state index is 0.807. The molecule has 0 saturated carbocycles. The van der Waals surface area contributed by atoms with Crippen LogP contribution in [0.2, 0.25) is 0 Å². The van der Waals surface area contributed by atoms with Crippen molar-refractivity contribution in [2.75, 3.05) is 0 Å². The first kappa shape index (κ1) is 40.7. The van der Waals surface area contributed by atoms with Crippen molar-refractivity contribution in [2.24, 2.45) is 0 Å². The molecule has 3 heterocycles. The number of hydrogen-bond acceptors (Lipinski definition) is 2. The Bertz CT molecular complexity index is 4240. The lowest BCUT2D eigenvalue weighted by molar-refractivity contribution is 0.852. The maximum atomic E-state index is 5.04. The van der Waals surface area contributed by atoms with E-state index in [1.165, 1.54) is 115 Å². The molecule has 0 bridgehead atoms. The van der Waals surface area contributed by atoms with Gasteiger partial charge in [0.2, 0.25) is 0 Å². The van der Waals surface area contributed by atoms with Gasteiger partial charge < -0.3 is 5.32 Å². The van der Waals surface area contributed by atoms with E-state index >= 15 is 0 Å². The lowest BCUT2D eigenvalue weighted by Crippen LogP contribution is -2.11. The predicted octanol–water partition coefficient (Wildman–Crippen LogP) is 17.7. The number of pyridine rings is 1. The summed E-state index contributed by atoms with van der Waals surface area (Å²) in [4.78, 5) is 5.04. The molecule has 0 atom stereocenters. The molecule has 71 heavy (non-hydrogen) atoms. The van der Waals surface area contributed by atoms with Crippen LogP contribution in [0.4, 0.5) is 0 Å². The van der Waals surface area contributed by atoms with Crippen LogP contribution in [0.25, 0.3) is 133 Å². The molecule has 332 valence electrons. The predicted molar refractivity (Wildman–Crippen MR) is 300 cm³/mol. The van der Waals surface area contributed by atoms with E-state index in [1.54, 1.807) is 0 Å². The SMILES string of the molecule is C1=Cc2c(c3ccccc3n2-c2ccc(-c3ccc(-c4ccc5c(-c6ccc(-c7ccc8ccccc8c7)cc6)c6ccccc6c(-c6ccc(-c7ccc8ccccc8c7)cc6)c5c4)cc3)cn2)CN1. The molecule has 0 saturated heterocycles. The van der Waals surface area contributed by atoms with E-state index in [4.69, 9.17) is 4.98 Å². The highest BCUT2D eigenvalue weighted by Gasteiger charge is 2.20. The van der Waals surface area contributed by atoms with Crippen molar-refractivity contribution in [1.82, 2.24) is 14.9 Å². The van der Waals surface area contributed by atoms with Crippen LogP contribution in [0.1, 0.15) is 11.3 Å². The lowest BCUT2D eigenvalue weighted by atomic mass is 9.84. The Hall–Kier alpha value is -9.31. The molecular formula is C68H45N3. The first-order valence-corrected chi connectivity index (χ1v) is 24.5. The fraction of sp³-hybridized carbons (Fsp3) is 0.0147. The second-order valence-corrected chi connectivity index (χ2v) is 18.7. The number of aromatic nitrogens is 2. The van der Waals surface area contributed by atoms with Gasteiger partial charge in [-0.05, 0) is 153 Å². The molecule has 0 fully saturated rings. The van der Waals surface area contributed by atoms with Crippen LogP contribution in [-0.4, -0.2) is 9.55 Å². The molecule has 3 heteroatoms. The smallest absolute Gasteiger partial charge is 0.137 e. The van der Waals surface area contributed by atoms with Gasteiger partial charge in [-0.1, -0.05) is 200 Å². The van der Waals surface area contributed by atoms with Crippen molar-refractivity contribution in [3.63, 3.8) is 0 Å². The summed E-state index contributed by atoms with van der Waals surface area (Å²) in [5.41, 5.74) is 17.9. The fourth-order valence-electron chi connectivity index (χ4n) is 11.2. The van der Waals surface area contributed by atoms with Gasteiger partial charge in [0.25, 0.3) is 0 Å². The monoisotopic (exact) mass is 903 g/mol. The Morgan fingerprint density at radius 3 is 1.35 bits per heavy atom. The third-order valence-electron chi connectivity index (χ3n) is 14.7. The molecule has 11 aromatic carbocycles. The van der Waals surface area contributed by atoms with E-state index in [0.717, 1.165) is 29.1 Å². The Morgan fingerprint density at radius 1 is 0.338 bits per heavy atom. The molecule has 2 aromatic heterocycles. The third kappa shape index (κ3) is 7.01. The van der Waals surface area contributed by atoms with Gasteiger partial charge >= 0.3 is 0 Å². The van der Waals surface area contributed by atoms with Gasteiger partial charge in [-0.15, -0.1) is 0 Å². The Labute approximate surface area is 412 Å². The van der Waals surface area contributed by atoms with E-state index in [-0.39, 0.29) is 0 Å². The second kappa shape index (κ2) is 16.7. The molecule has 0 aliphatic carbocycles. The summed E-state index contributed by atoms with van der Waals surface area (Å²) < 4.78 is 2.28. The van der Waals surface area contributed by atoms with E-state index in [1.807, 2.05) is 12.4 Å². The van der Waals surface area contributed by atoms with Gasteiger partial charge in [-0.2, -0.15) is 0 Å². The number of nitrogens with zero attached hydrogens (tertiary/aromatic N) is 2. The first-order chi connectivity index (χ1) is 35.2. The van der Waals surface area contributed by atoms with Crippen molar-refractivity contribution in [3.05, 3.63) is 260 Å². The van der Waals surface area contributed by atoms with Crippen LogP contribution < -0.4 is 5.32 Å². The highest BCUT2D eigenvalue weighted by atomic mass is 15.1. The number of hydrogen-bond donors (Lipinski definition) is 1. The zero-order valence-electron chi connectivity index (χ0n) is 38.9. The van der Waals surface area contributed by atoms with E-state index in [9.17, 15) is 0 Å². The topological polar surface area (TPSA) is 29.9 Å². The van der Waals surface area contributed by atoms with Gasteiger partial charge in [0, 0.05) is 29.3 Å². The Morgan fingerprint density at radius 2 is 0.775 bits per heavy atom. The van der Waals surface area contributed by atoms with Crippen LogP contribution in [0.5, 0.6) is 0 Å². The average Bonchev–Trinajstić information content (AvgIpc) is 3.78. The fourth-order valence-corrected chi connectivity index (χ4v) is 11.2. The summed E-state index contributed by atoms with van der Waals surface area (Å²) >= 11 is 0. The summed E-state index contributed by atoms with van der Waals surface area (Å²) in [6.07, 6.45) is 6.19. The summed E-state index contributed by atoms with van der Waals surface area (Å²) in [5, 5.41) is 14.6. The van der Waals surface area contributed by atoms with Crippen LogP contribution in [0.15, 0.2) is 249 Å². The summed E-state index contributed by atoms with van der Waals surface area (Å²) in [7, 11) is 0. The highest BCUT2D eigenvalue weighted by Crippen LogP contribution is 2.46. The summed E-state index contributed by atoms with van der Waals surface area (Å²) in [6, 6.07) is 87.0. The molecular weight excluding hydrogens is 859 g/mol. The summed E-state index contributed by atoms with van der Waals surface area (Å²) in [6.45, 7) is 0.807. The molecule has 14 rings (SSSR count). The zero-order chi connectivity index (χ0) is 46.8. The van der Waals surface area contributed by atoms with Crippen molar-refractivity contribution in [3.8, 4) is 72.6 Å². The second-order valence-electron chi connectivity index (χ2n) is 18.7. The Balaban J connectivity index is 0.867. The summed E-state index contributed by atoms with van der Waals surface area (Å²) in [5.74, 6) is 0.914. The lowest BCUT2D eigenvalue weighted by Gasteiger charge is -2.19. The minimum Gasteiger partial charge on any atom is -0.387 e. The molecule has 1 aliphatic rings. The van der Waals surface area contributed by atoms with Gasteiger partial charge in [0.05, 0.1) is 11.2 Å². The minimum atomic E-state index is 0.807. The quantitative estimate of drug-likeness (QED) is 0.162. The third-order valence-corrected chi connectivity index (χ3v) is 14.7. The maximum absolute atomic E-state index is 5.04. The molecule has 1 N–H and O–H groups in total. The van der Waals surface area contributed by atoms with Gasteiger partial charge in [-0.25, -0.2) is 4.98 Å². The van der Waals surface area contributed by atoms with Crippen molar-refractivity contribution in [2.45, 2.75) is 6.54 Å². The van der Waals surface area contributed by atoms with Gasteiger partial charge in [0.15, 0.2) is 0 Å². The average molecular weight is 904 g/mol. The normalized spacial score (nSPS) is 12.2. The highest BCUT2D eigenvalue weighted by molar-refractivity contribution is 6.22. The van der Waals surface area contributed by atoms with Crippen molar-refractivity contribution >= 4 is 60.1 Å². The van der Waals surface area contributed by atoms with Crippen molar-refractivity contribution in [1.29, 1.82) is 0 Å². The molecule has 3 nitrogen and oxygen atoms in total. The van der Waals surface area contributed by atoms with E-state index in [2.05, 4.69) is 253 Å². The molecule has 0 unspecified atom stereocenters. The standard InChI is InChI=1S/C68H45N3/c1-3-11-52-39-54(31-25-44(52)9-1)46-21-27-50(28-22-46)67-59-14-5-6-15-60(59)68(51-29-23-47(24-30-51)55-32-26-45-10-2-4-12-53(45)40-55)62-41-56(33-35-61(62)67)48-17-19-49(20-18-48)57-34-36-66(70-42-57)71-64-16-8-7-13-58(64)63-43-69-38-37-65(63)71/h1-42,69H,43H2. The van der Waals surface area contributed by atoms with E-state index in [0.29, 0.717) is 0 Å². The molecule has 0 spiro atoms. The molecule has 1 aliphatic heterocycles. The van der Waals surface area contributed by atoms with Crippen LogP contribution >= 0.6 is 0 Å². The van der Waals surface area contributed by atoms with E-state index < -0.39 is 0 Å². The number of benzene rings is 11. The molecule has 0 radical (unpaired) electrons. The first-order valence-electron chi connectivity index (χ1n) is 24.5. The number of rotatable bonds is 7. The largest absolute Gasteiger partial charge is 0.387 e. The Kier molecular flexibility index (Phi) is 9.60. The number of fused-ring (bicyclic) bond motifs is 7. The number of para-hydroxylation sites is 1. The zero-order valence-corrected chi connectivity index (χ0v) is 38.9. The maximum Gasteiger partial charge on any atom is 0.137 e. The number of nitrogens with one attached hydrogen (secondary N) is 1. The van der Waals surface area contributed by atoms with Gasteiger partial charge in [-0.3, -0.25) is 4.57 Å². The molecule has 13 aromatic rings. The van der Waals surface area contributed by atoms with Crippen LogP contribution in [-0.2, 0) is 6.54 Å². The van der Waals surface area contributed by atoms with Gasteiger partial charge in [0.1, 0.15) is 5.82 Å². The van der Waals surface area contributed by atoms with Crippen LogP contribution in [0, 0.1) is 0 Å². The molecule has 0 amide bonds. The van der Waals surface area contributed by atoms with Crippen LogP contribution in [0.3, 0.4) is 0 Å².